The summed E-state index contributed by atoms with van der Waals surface area (Å²) in [5.41, 5.74) is 0. The van der Waals surface area contributed by atoms with E-state index in [0.29, 0.717) is 5.17 Å². The fourth-order valence-electron chi connectivity index (χ4n) is 1.94. The highest BCUT2D eigenvalue weighted by Crippen LogP contribution is 2.36. The second kappa shape index (κ2) is 2.88. The molecule has 0 bridgehead atoms. The minimum Gasteiger partial charge on any atom is -0.347 e. The Hall–Kier alpha value is -0.230. The second-order valence-electron chi connectivity index (χ2n) is 3.39. The van der Waals surface area contributed by atoms with Gasteiger partial charge in [0.15, 0.2) is 15.0 Å². The molecule has 2 fully saturated rings. The summed E-state index contributed by atoms with van der Waals surface area (Å²) >= 11 is 1.40. The predicted molar refractivity (Wildman–Crippen MR) is 53.9 cm³/mol. The molecule has 0 aromatic rings. The standard InChI is InChI=1S/C7H12N2O2S2/c1-2-9-5-3-13(10,11)4-6(5)12-7(9)8/h5-6,8H,2-4H2,1H3/t5-,6+/m1/s1. The molecule has 74 valence electrons. The van der Waals surface area contributed by atoms with Gasteiger partial charge in [-0.3, -0.25) is 5.41 Å². The maximum atomic E-state index is 11.3. The van der Waals surface area contributed by atoms with E-state index >= 15 is 0 Å². The number of fused-ring (bicyclic) bond motifs is 1. The van der Waals surface area contributed by atoms with E-state index in [2.05, 4.69) is 0 Å². The Kier molecular flexibility index (Phi) is 2.07. The van der Waals surface area contributed by atoms with Gasteiger partial charge in [-0.25, -0.2) is 8.42 Å². The number of sulfone groups is 1. The van der Waals surface area contributed by atoms with Crippen LogP contribution in [0.4, 0.5) is 0 Å². The Bertz CT molecular complexity index is 338. The van der Waals surface area contributed by atoms with Gasteiger partial charge in [0.2, 0.25) is 0 Å². The number of thioether (sulfide) groups is 1. The summed E-state index contributed by atoms with van der Waals surface area (Å²) in [6.07, 6.45) is 0. The van der Waals surface area contributed by atoms with Crippen molar-refractivity contribution in [3.05, 3.63) is 0 Å². The van der Waals surface area contributed by atoms with E-state index in [1.54, 1.807) is 0 Å². The molecule has 6 heteroatoms. The van der Waals surface area contributed by atoms with Gasteiger partial charge in [-0.1, -0.05) is 11.8 Å². The molecule has 2 heterocycles. The first-order valence-electron chi connectivity index (χ1n) is 4.26. The van der Waals surface area contributed by atoms with Crippen molar-refractivity contribution in [2.24, 2.45) is 0 Å². The van der Waals surface area contributed by atoms with Gasteiger partial charge in [0, 0.05) is 11.8 Å². The van der Waals surface area contributed by atoms with E-state index in [0.717, 1.165) is 6.54 Å². The summed E-state index contributed by atoms with van der Waals surface area (Å²) in [7, 11) is -2.83. The van der Waals surface area contributed by atoms with Crippen LogP contribution in [-0.4, -0.2) is 47.8 Å². The third-order valence-corrected chi connectivity index (χ3v) is 5.71. The summed E-state index contributed by atoms with van der Waals surface area (Å²) in [5.74, 6) is 0.488. The van der Waals surface area contributed by atoms with Crippen molar-refractivity contribution < 1.29 is 8.42 Å². The van der Waals surface area contributed by atoms with Crippen LogP contribution in [0.5, 0.6) is 0 Å². The fraction of sp³-hybridized carbons (Fsp3) is 0.857. The van der Waals surface area contributed by atoms with Crippen molar-refractivity contribution in [3.8, 4) is 0 Å². The van der Waals surface area contributed by atoms with E-state index in [1.807, 2.05) is 11.8 Å². The van der Waals surface area contributed by atoms with Crippen molar-refractivity contribution in [2.75, 3.05) is 18.1 Å². The van der Waals surface area contributed by atoms with Crippen LogP contribution in [-0.2, 0) is 9.84 Å². The molecule has 2 atom stereocenters. The van der Waals surface area contributed by atoms with Gasteiger partial charge in [0.1, 0.15) is 0 Å². The van der Waals surface area contributed by atoms with Crippen molar-refractivity contribution in [1.82, 2.24) is 4.90 Å². The van der Waals surface area contributed by atoms with Crippen LogP contribution in [0.25, 0.3) is 0 Å². The molecule has 0 unspecified atom stereocenters. The zero-order valence-electron chi connectivity index (χ0n) is 7.36. The highest BCUT2D eigenvalue weighted by atomic mass is 32.2. The maximum absolute atomic E-state index is 11.3. The number of nitrogens with one attached hydrogen (secondary N) is 1. The molecule has 1 N–H and O–H groups in total. The monoisotopic (exact) mass is 220 g/mol. The molecular weight excluding hydrogens is 208 g/mol. The molecular formula is C7H12N2O2S2. The van der Waals surface area contributed by atoms with Crippen LogP contribution >= 0.6 is 11.8 Å². The van der Waals surface area contributed by atoms with E-state index in [-0.39, 0.29) is 22.8 Å². The zero-order valence-corrected chi connectivity index (χ0v) is 8.99. The van der Waals surface area contributed by atoms with Crippen LogP contribution in [0, 0.1) is 5.41 Å². The minimum atomic E-state index is -2.83. The Balaban J connectivity index is 2.24. The lowest BCUT2D eigenvalue weighted by Crippen LogP contribution is -2.36. The molecule has 0 spiro atoms. The quantitative estimate of drug-likeness (QED) is 0.683. The molecule has 0 amide bonds. The van der Waals surface area contributed by atoms with Gasteiger partial charge < -0.3 is 4.90 Å². The molecule has 2 saturated heterocycles. The third kappa shape index (κ3) is 1.46. The first-order valence-corrected chi connectivity index (χ1v) is 6.96. The SMILES string of the molecule is CCN1C(=N)S[C@H]2CS(=O)(=O)C[C@H]21. The van der Waals surface area contributed by atoms with E-state index in [4.69, 9.17) is 5.41 Å². The minimum absolute atomic E-state index is 0.0625. The third-order valence-electron chi connectivity index (χ3n) is 2.54. The maximum Gasteiger partial charge on any atom is 0.157 e. The smallest absolute Gasteiger partial charge is 0.157 e. The summed E-state index contributed by atoms with van der Waals surface area (Å²) in [6.45, 7) is 2.70. The number of hydrogen-bond donors (Lipinski definition) is 1. The highest BCUT2D eigenvalue weighted by Gasteiger charge is 2.47. The Morgan fingerprint density at radius 3 is 2.92 bits per heavy atom. The van der Waals surface area contributed by atoms with Crippen LogP contribution in [0.3, 0.4) is 0 Å². The van der Waals surface area contributed by atoms with Crippen molar-refractivity contribution in [1.29, 1.82) is 5.41 Å². The van der Waals surface area contributed by atoms with Crippen LogP contribution in [0.1, 0.15) is 6.92 Å². The number of hydrogen-bond acceptors (Lipinski definition) is 4. The van der Waals surface area contributed by atoms with Gasteiger partial charge >= 0.3 is 0 Å². The van der Waals surface area contributed by atoms with Crippen LogP contribution < -0.4 is 0 Å². The summed E-state index contributed by atoms with van der Waals surface area (Å²) in [5, 5.41) is 8.27. The zero-order chi connectivity index (χ0) is 9.64. The average molecular weight is 220 g/mol. The van der Waals surface area contributed by atoms with Gasteiger partial charge in [0.25, 0.3) is 0 Å². The molecule has 0 saturated carbocycles. The molecule has 0 aromatic heterocycles. The normalized spacial score (nSPS) is 36.7. The Labute approximate surface area is 82.1 Å². The number of rotatable bonds is 1. The van der Waals surface area contributed by atoms with E-state index < -0.39 is 9.84 Å². The fourth-order valence-corrected chi connectivity index (χ4v) is 5.83. The average Bonchev–Trinajstić information content (AvgIpc) is 2.39. The Morgan fingerprint density at radius 2 is 2.31 bits per heavy atom. The summed E-state index contributed by atoms with van der Waals surface area (Å²) < 4.78 is 22.6. The molecule has 0 radical (unpaired) electrons. The van der Waals surface area contributed by atoms with Crippen molar-refractivity contribution >= 4 is 26.8 Å². The van der Waals surface area contributed by atoms with Crippen LogP contribution in [0.2, 0.25) is 0 Å². The largest absolute Gasteiger partial charge is 0.347 e. The van der Waals surface area contributed by atoms with Gasteiger partial charge in [0.05, 0.1) is 17.5 Å². The lowest BCUT2D eigenvalue weighted by molar-refractivity contribution is 0.373. The van der Waals surface area contributed by atoms with Crippen molar-refractivity contribution in [2.45, 2.75) is 18.2 Å². The number of nitrogens with zero attached hydrogens (tertiary/aromatic N) is 1. The van der Waals surface area contributed by atoms with Crippen molar-refractivity contribution in [3.63, 3.8) is 0 Å². The summed E-state index contributed by atoms with van der Waals surface area (Å²) in [6, 6.07) is 0.0625. The van der Waals surface area contributed by atoms with E-state index in [1.165, 1.54) is 11.8 Å². The molecule has 0 aromatic carbocycles. The highest BCUT2D eigenvalue weighted by molar-refractivity contribution is 8.15. The molecule has 2 rings (SSSR count). The molecule has 13 heavy (non-hydrogen) atoms. The molecule has 2 aliphatic rings. The second-order valence-corrected chi connectivity index (χ2v) is 6.77. The number of amidine groups is 1. The molecule has 4 nitrogen and oxygen atoms in total. The molecule has 0 aliphatic carbocycles. The lowest BCUT2D eigenvalue weighted by atomic mass is 10.2. The van der Waals surface area contributed by atoms with E-state index in [9.17, 15) is 8.42 Å². The topological polar surface area (TPSA) is 61.2 Å². The Morgan fingerprint density at radius 1 is 1.62 bits per heavy atom. The first-order chi connectivity index (χ1) is 6.03. The van der Waals surface area contributed by atoms with Crippen LogP contribution in [0.15, 0.2) is 0 Å². The first kappa shape index (κ1) is 9.33. The summed E-state index contributed by atoms with van der Waals surface area (Å²) in [4.78, 5) is 1.89. The van der Waals surface area contributed by atoms with Gasteiger partial charge in [-0.05, 0) is 6.92 Å². The predicted octanol–water partition coefficient (Wildman–Crippen LogP) is 0.155. The lowest BCUT2D eigenvalue weighted by Gasteiger charge is -2.21. The van der Waals surface area contributed by atoms with Gasteiger partial charge in [-0.2, -0.15) is 0 Å². The van der Waals surface area contributed by atoms with Gasteiger partial charge in [-0.15, -0.1) is 0 Å². The molecule has 2 aliphatic heterocycles.